The van der Waals surface area contributed by atoms with E-state index in [1.165, 1.54) is 5.56 Å². The van der Waals surface area contributed by atoms with Gasteiger partial charge in [0, 0.05) is 43.7 Å². The van der Waals surface area contributed by atoms with Gasteiger partial charge in [-0.05, 0) is 29.8 Å². The summed E-state index contributed by atoms with van der Waals surface area (Å²) in [7, 11) is 0. The van der Waals surface area contributed by atoms with Crippen molar-refractivity contribution in [1.82, 2.24) is 20.2 Å². The Morgan fingerprint density at radius 2 is 2.08 bits per heavy atom. The SMILES string of the molecule is O=c1[nH]c(CCN2CCNCC2c2cccc(Cl)c2)nc2ccccc12. The van der Waals surface area contributed by atoms with Gasteiger partial charge in [-0.25, -0.2) is 4.98 Å². The van der Waals surface area contributed by atoms with Crippen LogP contribution >= 0.6 is 11.6 Å². The molecule has 26 heavy (non-hydrogen) atoms. The maximum absolute atomic E-state index is 12.2. The maximum atomic E-state index is 12.2. The molecular formula is C20H21ClN4O. The first-order chi connectivity index (χ1) is 12.7. The molecule has 1 saturated heterocycles. The van der Waals surface area contributed by atoms with Crippen LogP contribution in [0, 0.1) is 0 Å². The molecule has 1 aromatic heterocycles. The summed E-state index contributed by atoms with van der Waals surface area (Å²) in [5.41, 5.74) is 1.89. The summed E-state index contributed by atoms with van der Waals surface area (Å²) in [6.07, 6.45) is 0.705. The van der Waals surface area contributed by atoms with Crippen molar-refractivity contribution in [3.05, 3.63) is 75.3 Å². The van der Waals surface area contributed by atoms with Gasteiger partial charge >= 0.3 is 0 Å². The van der Waals surface area contributed by atoms with Gasteiger partial charge in [0.1, 0.15) is 5.82 Å². The fourth-order valence-electron chi connectivity index (χ4n) is 3.56. The molecule has 1 aliphatic heterocycles. The highest BCUT2D eigenvalue weighted by atomic mass is 35.5. The average molecular weight is 369 g/mol. The van der Waals surface area contributed by atoms with Gasteiger partial charge in [0.25, 0.3) is 5.56 Å². The molecule has 1 atom stereocenters. The fraction of sp³-hybridized carbons (Fsp3) is 0.300. The number of hydrogen-bond acceptors (Lipinski definition) is 4. The molecule has 1 unspecified atom stereocenters. The number of hydrogen-bond donors (Lipinski definition) is 2. The quantitative estimate of drug-likeness (QED) is 0.743. The first-order valence-electron chi connectivity index (χ1n) is 8.89. The summed E-state index contributed by atoms with van der Waals surface area (Å²) in [6.45, 7) is 3.63. The summed E-state index contributed by atoms with van der Waals surface area (Å²) in [4.78, 5) is 22.2. The third kappa shape index (κ3) is 3.65. The summed E-state index contributed by atoms with van der Waals surface area (Å²) in [5, 5.41) is 4.85. The van der Waals surface area contributed by atoms with Crippen molar-refractivity contribution in [2.75, 3.05) is 26.2 Å². The molecule has 1 fully saturated rings. The number of fused-ring (bicyclic) bond motifs is 1. The highest BCUT2D eigenvalue weighted by molar-refractivity contribution is 6.30. The van der Waals surface area contributed by atoms with E-state index in [0.717, 1.165) is 42.5 Å². The van der Waals surface area contributed by atoms with E-state index in [2.05, 4.69) is 26.3 Å². The molecule has 0 saturated carbocycles. The van der Waals surface area contributed by atoms with Gasteiger partial charge in [0.15, 0.2) is 0 Å². The highest BCUT2D eigenvalue weighted by Gasteiger charge is 2.23. The minimum Gasteiger partial charge on any atom is -0.314 e. The van der Waals surface area contributed by atoms with Crippen molar-refractivity contribution < 1.29 is 0 Å². The number of nitrogens with zero attached hydrogens (tertiary/aromatic N) is 2. The minimum atomic E-state index is -0.0719. The molecule has 0 spiro atoms. The first kappa shape index (κ1) is 17.2. The van der Waals surface area contributed by atoms with E-state index in [0.29, 0.717) is 11.8 Å². The van der Waals surface area contributed by atoms with Crippen LogP contribution in [0.5, 0.6) is 0 Å². The summed E-state index contributed by atoms with van der Waals surface area (Å²) < 4.78 is 0. The number of aromatic nitrogens is 2. The molecule has 0 bridgehead atoms. The minimum absolute atomic E-state index is 0.0719. The molecule has 2 heterocycles. The number of halogens is 1. The number of para-hydroxylation sites is 1. The lowest BCUT2D eigenvalue weighted by Gasteiger charge is -2.36. The molecule has 2 N–H and O–H groups in total. The van der Waals surface area contributed by atoms with Crippen LogP contribution in [0.25, 0.3) is 10.9 Å². The van der Waals surface area contributed by atoms with E-state index in [9.17, 15) is 4.79 Å². The Kier molecular flexibility index (Phi) is 5.02. The second-order valence-corrected chi connectivity index (χ2v) is 7.03. The van der Waals surface area contributed by atoms with Crippen molar-refractivity contribution in [2.24, 2.45) is 0 Å². The van der Waals surface area contributed by atoms with Crippen LogP contribution in [0.15, 0.2) is 53.3 Å². The van der Waals surface area contributed by atoms with Crippen molar-refractivity contribution in [1.29, 1.82) is 0 Å². The van der Waals surface area contributed by atoms with Crippen LogP contribution in [0.4, 0.5) is 0 Å². The molecule has 0 aliphatic carbocycles. The largest absolute Gasteiger partial charge is 0.314 e. The molecule has 0 amide bonds. The van der Waals surface area contributed by atoms with Gasteiger partial charge in [0.2, 0.25) is 0 Å². The van der Waals surface area contributed by atoms with Gasteiger partial charge < -0.3 is 10.3 Å². The van der Waals surface area contributed by atoms with E-state index < -0.39 is 0 Å². The summed E-state index contributed by atoms with van der Waals surface area (Å²) in [5.74, 6) is 0.733. The Morgan fingerprint density at radius 1 is 1.19 bits per heavy atom. The molecule has 2 aromatic carbocycles. The van der Waals surface area contributed by atoms with Gasteiger partial charge in [-0.15, -0.1) is 0 Å². The van der Waals surface area contributed by atoms with Gasteiger partial charge in [-0.1, -0.05) is 35.9 Å². The number of nitrogens with one attached hydrogen (secondary N) is 2. The van der Waals surface area contributed by atoms with Gasteiger partial charge in [-0.3, -0.25) is 9.69 Å². The normalized spacial score (nSPS) is 18.3. The second kappa shape index (κ2) is 7.58. The summed E-state index contributed by atoms with van der Waals surface area (Å²) in [6, 6.07) is 15.8. The summed E-state index contributed by atoms with van der Waals surface area (Å²) >= 11 is 6.17. The topological polar surface area (TPSA) is 61.0 Å². The third-order valence-corrected chi connectivity index (χ3v) is 5.12. The van der Waals surface area contributed by atoms with Crippen LogP contribution in [0.1, 0.15) is 17.4 Å². The van der Waals surface area contributed by atoms with E-state index >= 15 is 0 Å². The van der Waals surface area contributed by atoms with Crippen LogP contribution in [-0.4, -0.2) is 41.0 Å². The molecule has 0 radical (unpaired) electrons. The number of aromatic amines is 1. The highest BCUT2D eigenvalue weighted by Crippen LogP contribution is 2.24. The zero-order chi connectivity index (χ0) is 17.9. The van der Waals surface area contributed by atoms with E-state index in [-0.39, 0.29) is 11.6 Å². The lowest BCUT2D eigenvalue weighted by atomic mass is 10.0. The van der Waals surface area contributed by atoms with E-state index in [4.69, 9.17) is 11.6 Å². The maximum Gasteiger partial charge on any atom is 0.258 e. The molecule has 134 valence electrons. The predicted octanol–water partition coefficient (Wildman–Crippen LogP) is 2.77. The zero-order valence-corrected chi connectivity index (χ0v) is 15.2. The Bertz CT molecular complexity index is 971. The molecular weight excluding hydrogens is 348 g/mol. The molecule has 1 aliphatic rings. The fourth-order valence-corrected chi connectivity index (χ4v) is 3.76. The van der Waals surface area contributed by atoms with Crippen LogP contribution in [0.3, 0.4) is 0 Å². The Morgan fingerprint density at radius 3 is 2.96 bits per heavy atom. The standard InChI is InChI=1S/C20H21ClN4O/c21-15-5-3-4-14(12-15)18-13-22-9-11-25(18)10-8-19-23-17-7-2-1-6-16(17)20(26)24-19/h1-7,12,18,22H,8-11,13H2,(H,23,24,26). The molecule has 4 rings (SSSR count). The van der Waals surface area contributed by atoms with E-state index in [1.54, 1.807) is 6.07 Å². The lowest BCUT2D eigenvalue weighted by Crippen LogP contribution is -2.46. The van der Waals surface area contributed by atoms with Crippen LogP contribution in [-0.2, 0) is 6.42 Å². The Hall–Kier alpha value is -2.21. The van der Waals surface area contributed by atoms with Crippen molar-refractivity contribution in [2.45, 2.75) is 12.5 Å². The first-order valence-corrected chi connectivity index (χ1v) is 9.27. The van der Waals surface area contributed by atoms with Crippen molar-refractivity contribution in [3.63, 3.8) is 0 Å². The smallest absolute Gasteiger partial charge is 0.258 e. The van der Waals surface area contributed by atoms with Crippen LogP contribution < -0.4 is 10.9 Å². The molecule has 5 nitrogen and oxygen atoms in total. The monoisotopic (exact) mass is 368 g/mol. The average Bonchev–Trinajstić information content (AvgIpc) is 2.67. The third-order valence-electron chi connectivity index (χ3n) is 4.89. The van der Waals surface area contributed by atoms with Gasteiger partial charge in [0.05, 0.1) is 10.9 Å². The van der Waals surface area contributed by atoms with Gasteiger partial charge in [-0.2, -0.15) is 0 Å². The zero-order valence-electron chi connectivity index (χ0n) is 14.4. The number of piperazine rings is 1. The number of rotatable bonds is 4. The second-order valence-electron chi connectivity index (χ2n) is 6.59. The number of benzene rings is 2. The molecule has 3 aromatic rings. The Labute approximate surface area is 157 Å². The van der Waals surface area contributed by atoms with Crippen molar-refractivity contribution >= 4 is 22.5 Å². The predicted molar refractivity (Wildman–Crippen MR) is 105 cm³/mol. The lowest BCUT2D eigenvalue weighted by molar-refractivity contribution is 0.163. The molecule has 6 heteroatoms. The van der Waals surface area contributed by atoms with Crippen LogP contribution in [0.2, 0.25) is 5.02 Å². The van der Waals surface area contributed by atoms with Crippen molar-refractivity contribution in [3.8, 4) is 0 Å². The number of H-pyrrole nitrogens is 1. The van der Waals surface area contributed by atoms with E-state index in [1.807, 2.05) is 36.4 Å². The Balaban J connectivity index is 1.53.